The summed E-state index contributed by atoms with van der Waals surface area (Å²) < 4.78 is 96.5. The van der Waals surface area contributed by atoms with Crippen LogP contribution in [0.3, 0.4) is 0 Å². The molecule has 7 nitrogen and oxygen atoms in total. The molecule has 5 heterocycles. The van der Waals surface area contributed by atoms with Gasteiger partial charge >= 0.3 is 12.2 Å². The number of fused-ring (bicyclic) bond motifs is 3. The molecule has 242 valence electrons. The summed E-state index contributed by atoms with van der Waals surface area (Å²) in [5.41, 5.74) is 2.16. The molecule has 0 spiro atoms. The Morgan fingerprint density at radius 2 is 2.07 bits per heavy atom. The van der Waals surface area contributed by atoms with Crippen LogP contribution in [0.5, 0.6) is 6.01 Å². The first-order valence-electron chi connectivity index (χ1n) is 14.8. The van der Waals surface area contributed by atoms with E-state index in [0.29, 0.717) is 23.5 Å². The lowest BCUT2D eigenvalue weighted by Crippen LogP contribution is -2.43. The van der Waals surface area contributed by atoms with Crippen molar-refractivity contribution in [2.75, 3.05) is 48.9 Å². The smallest absolute Gasteiger partial charge is 0.417 e. The van der Waals surface area contributed by atoms with Crippen LogP contribution in [-0.2, 0) is 6.18 Å². The maximum Gasteiger partial charge on any atom is 0.417 e. The Bertz CT molecular complexity index is 1910. The van der Waals surface area contributed by atoms with E-state index in [4.69, 9.17) is 10.5 Å². The van der Waals surface area contributed by atoms with Gasteiger partial charge in [-0.05, 0) is 49.3 Å². The Hall–Kier alpha value is -3.48. The lowest BCUT2D eigenvalue weighted by molar-refractivity contribution is -0.137. The minimum atomic E-state index is -5.05. The fraction of sp³-hybridized carbons (Fsp3) is 0.452. The Morgan fingerprint density at radius 1 is 1.26 bits per heavy atom. The van der Waals surface area contributed by atoms with Gasteiger partial charge in [-0.3, -0.25) is 4.90 Å². The van der Waals surface area contributed by atoms with E-state index in [9.17, 15) is 27.2 Å². The zero-order chi connectivity index (χ0) is 32.5. The van der Waals surface area contributed by atoms with Gasteiger partial charge in [0.25, 0.3) is 0 Å². The van der Waals surface area contributed by atoms with Crippen molar-refractivity contribution < 1.29 is 31.1 Å². The quantitative estimate of drug-likeness (QED) is 0.215. The number of halogens is 6. The first kappa shape index (κ1) is 31.1. The molecule has 3 unspecified atom stereocenters. The van der Waals surface area contributed by atoms with Crippen molar-refractivity contribution in [1.29, 1.82) is 5.26 Å². The minimum absolute atomic E-state index is 0.0365. The van der Waals surface area contributed by atoms with E-state index in [1.165, 1.54) is 0 Å². The van der Waals surface area contributed by atoms with Gasteiger partial charge in [0.15, 0.2) is 5.82 Å². The second kappa shape index (κ2) is 11.3. The van der Waals surface area contributed by atoms with Gasteiger partial charge in [0.1, 0.15) is 41.0 Å². The highest BCUT2D eigenvalue weighted by molar-refractivity contribution is 7.99. The number of nitriles is 1. The van der Waals surface area contributed by atoms with Crippen LogP contribution in [0.15, 0.2) is 18.2 Å². The van der Waals surface area contributed by atoms with E-state index in [2.05, 4.69) is 9.97 Å². The fourth-order valence-electron chi connectivity index (χ4n) is 7.17. The van der Waals surface area contributed by atoms with Crippen LogP contribution >= 0.6 is 23.1 Å². The van der Waals surface area contributed by atoms with Crippen molar-refractivity contribution in [2.45, 2.75) is 49.6 Å². The molecule has 2 aromatic heterocycles. The molecule has 46 heavy (non-hydrogen) atoms. The van der Waals surface area contributed by atoms with Gasteiger partial charge < -0.3 is 15.4 Å². The Morgan fingerprint density at radius 3 is 2.78 bits per heavy atom. The van der Waals surface area contributed by atoms with Crippen molar-refractivity contribution in [3.05, 3.63) is 41.0 Å². The summed E-state index contributed by atoms with van der Waals surface area (Å²) in [4.78, 5) is 12.6. The predicted molar refractivity (Wildman–Crippen MR) is 167 cm³/mol. The Labute approximate surface area is 268 Å². The second-order valence-corrected chi connectivity index (χ2v) is 14.3. The highest BCUT2D eigenvalue weighted by Crippen LogP contribution is 2.48. The molecule has 3 atom stereocenters. The van der Waals surface area contributed by atoms with Crippen molar-refractivity contribution in [3.63, 3.8) is 0 Å². The van der Waals surface area contributed by atoms with Crippen LogP contribution in [0, 0.1) is 23.0 Å². The highest BCUT2D eigenvalue weighted by atomic mass is 32.2. The Balaban J connectivity index is 1.46. The van der Waals surface area contributed by atoms with Gasteiger partial charge in [-0.15, -0.1) is 11.3 Å². The zero-order valence-corrected chi connectivity index (χ0v) is 26.2. The van der Waals surface area contributed by atoms with Gasteiger partial charge in [0.05, 0.1) is 21.4 Å². The van der Waals surface area contributed by atoms with Crippen LogP contribution < -0.4 is 15.4 Å². The number of thioether (sulfide) groups is 1. The third-order valence-electron chi connectivity index (χ3n) is 9.41. The molecule has 3 aliphatic heterocycles. The maximum absolute atomic E-state index is 16.9. The summed E-state index contributed by atoms with van der Waals surface area (Å²) >= 11 is 2.39. The molecule has 7 rings (SSSR count). The summed E-state index contributed by atoms with van der Waals surface area (Å²) in [6, 6.07) is 4.27. The van der Waals surface area contributed by atoms with E-state index < -0.39 is 46.2 Å². The molecule has 0 amide bonds. The molecular weight excluding hydrogens is 651 g/mol. The predicted octanol–water partition coefficient (Wildman–Crippen LogP) is 7.16. The number of thiophene rings is 1. The van der Waals surface area contributed by atoms with Crippen LogP contribution in [-0.4, -0.2) is 70.9 Å². The third-order valence-corrected chi connectivity index (χ3v) is 11.6. The zero-order valence-electron chi connectivity index (χ0n) is 24.6. The van der Waals surface area contributed by atoms with Crippen LogP contribution in [0.2, 0.25) is 0 Å². The maximum atomic E-state index is 16.9. The average Bonchev–Trinajstić information content (AvgIpc) is 3.79. The molecule has 0 radical (unpaired) electrons. The topological polar surface area (TPSA) is 91.3 Å². The summed E-state index contributed by atoms with van der Waals surface area (Å²) in [5, 5.41) is 9.29. The lowest BCUT2D eigenvalue weighted by atomic mass is 9.92. The van der Waals surface area contributed by atoms with Gasteiger partial charge in [-0.1, -0.05) is 6.07 Å². The number of benzene rings is 2. The normalized spacial score (nSPS) is 23.3. The van der Waals surface area contributed by atoms with E-state index >= 15 is 4.39 Å². The van der Waals surface area contributed by atoms with E-state index in [1.54, 1.807) is 23.7 Å². The standard InChI is InChI=1S/C31H28F6N6OS2/c1-42(16-5-8-45-13-16)28-18-9-20(31(35,36)37)23(17-3-4-21(33)26-22(17)19(11-38)27(39)46-26)24(34)25(18)40-29(41-28)44-14-30-6-2-7-43(30)12-15(32)10-30/h3-4,9,15-16H,2,5-8,10,12-14,39H2,1H3. The number of nitrogens with two attached hydrogens (primary N) is 1. The minimum Gasteiger partial charge on any atom is -0.461 e. The largest absolute Gasteiger partial charge is 0.461 e. The number of hydrogen-bond acceptors (Lipinski definition) is 9. The molecule has 3 saturated heterocycles. The van der Waals surface area contributed by atoms with Gasteiger partial charge in [-0.2, -0.15) is 40.2 Å². The van der Waals surface area contributed by atoms with Crippen molar-refractivity contribution in [1.82, 2.24) is 14.9 Å². The van der Waals surface area contributed by atoms with Crippen LogP contribution in [0.4, 0.5) is 37.2 Å². The number of anilines is 2. The van der Waals surface area contributed by atoms with Crippen molar-refractivity contribution in [2.24, 2.45) is 0 Å². The molecule has 2 aromatic carbocycles. The summed E-state index contributed by atoms with van der Waals surface area (Å²) in [6.07, 6.45) is -3.48. The molecule has 3 fully saturated rings. The third kappa shape index (κ3) is 5.00. The van der Waals surface area contributed by atoms with Gasteiger partial charge in [0.2, 0.25) is 0 Å². The number of rotatable bonds is 6. The first-order chi connectivity index (χ1) is 21.9. The lowest BCUT2D eigenvalue weighted by Gasteiger charge is -2.31. The summed E-state index contributed by atoms with van der Waals surface area (Å²) in [6.45, 7) is 1.05. The van der Waals surface area contributed by atoms with Gasteiger partial charge in [0, 0.05) is 48.1 Å². The highest BCUT2D eigenvalue weighted by Gasteiger charge is 2.49. The SMILES string of the molecule is CN(c1nc(OCC23CCCN2CC(F)C3)nc2c(F)c(-c3ccc(F)c4sc(N)c(C#N)c34)c(C(F)(F)F)cc12)C1CCSC1. The van der Waals surface area contributed by atoms with Crippen molar-refractivity contribution in [3.8, 4) is 23.2 Å². The number of aromatic nitrogens is 2. The van der Waals surface area contributed by atoms with Crippen LogP contribution in [0.25, 0.3) is 32.1 Å². The van der Waals surface area contributed by atoms with Crippen LogP contribution in [0.1, 0.15) is 36.8 Å². The monoisotopic (exact) mass is 678 g/mol. The number of nitrogen functional groups attached to an aromatic ring is 1. The summed E-state index contributed by atoms with van der Waals surface area (Å²) in [5.74, 6) is -0.501. The molecule has 0 bridgehead atoms. The van der Waals surface area contributed by atoms with E-state index in [1.807, 2.05) is 11.0 Å². The molecule has 4 aromatic rings. The van der Waals surface area contributed by atoms with E-state index in [0.717, 1.165) is 43.3 Å². The van der Waals surface area contributed by atoms with E-state index in [-0.39, 0.29) is 69.0 Å². The molecule has 0 aliphatic carbocycles. The number of alkyl halides is 4. The van der Waals surface area contributed by atoms with Gasteiger partial charge in [-0.25, -0.2) is 13.2 Å². The molecular formula is C31H28F6N6OS2. The number of ether oxygens (including phenoxy) is 1. The molecule has 2 N–H and O–H groups in total. The molecule has 15 heteroatoms. The molecule has 0 saturated carbocycles. The molecule has 3 aliphatic rings. The average molecular weight is 679 g/mol. The number of nitrogens with zero attached hydrogens (tertiary/aromatic N) is 5. The fourth-order valence-corrected chi connectivity index (χ4v) is 9.39. The second-order valence-electron chi connectivity index (χ2n) is 12.1. The number of hydrogen-bond donors (Lipinski definition) is 1. The summed E-state index contributed by atoms with van der Waals surface area (Å²) in [7, 11) is 1.69. The first-order valence-corrected chi connectivity index (χ1v) is 16.7. The van der Waals surface area contributed by atoms with Crippen molar-refractivity contribution >= 4 is 54.9 Å². The Kier molecular flexibility index (Phi) is 7.68.